The number of halogens is 2. The number of amides is 1. The second kappa shape index (κ2) is 10.5. The molecule has 1 saturated heterocycles. The molecule has 1 amide bonds. The molecular formula is C25H31ClFN3O2. The van der Waals surface area contributed by atoms with Gasteiger partial charge in [-0.25, -0.2) is 4.39 Å². The van der Waals surface area contributed by atoms with Crippen LogP contribution < -0.4 is 5.73 Å². The molecule has 2 N–H and O–H groups in total. The number of aromatic nitrogens is 1. The summed E-state index contributed by atoms with van der Waals surface area (Å²) in [5.41, 5.74) is 9.88. The van der Waals surface area contributed by atoms with Gasteiger partial charge in [0.1, 0.15) is 5.82 Å². The van der Waals surface area contributed by atoms with Gasteiger partial charge >= 0.3 is 0 Å². The van der Waals surface area contributed by atoms with Gasteiger partial charge in [0.2, 0.25) is 0 Å². The Bertz CT molecular complexity index is 1090. The number of carbonyl (C=O) groups is 1. The molecule has 0 radical (unpaired) electrons. The van der Waals surface area contributed by atoms with Crippen LogP contribution in [0.1, 0.15) is 45.8 Å². The zero-order valence-corrected chi connectivity index (χ0v) is 19.5. The number of piperidine rings is 1. The Balaban J connectivity index is 0.00000289. The highest BCUT2D eigenvalue weighted by molar-refractivity contribution is 6.07. The highest BCUT2D eigenvalue weighted by Gasteiger charge is 2.28. The fourth-order valence-electron chi connectivity index (χ4n) is 4.72. The Morgan fingerprint density at radius 3 is 2.59 bits per heavy atom. The Morgan fingerprint density at radius 2 is 1.91 bits per heavy atom. The number of benzene rings is 2. The number of likely N-dealkylation sites (tertiary alicyclic amines) is 1. The van der Waals surface area contributed by atoms with Crippen LogP contribution in [0.25, 0.3) is 10.9 Å². The summed E-state index contributed by atoms with van der Waals surface area (Å²) in [6, 6.07) is 11.5. The number of nitrogens with zero attached hydrogens (tertiary/aromatic N) is 2. The van der Waals surface area contributed by atoms with Crippen LogP contribution in [0, 0.1) is 12.7 Å². The van der Waals surface area contributed by atoms with Crippen molar-refractivity contribution >= 4 is 29.2 Å². The van der Waals surface area contributed by atoms with E-state index >= 15 is 0 Å². The predicted octanol–water partition coefficient (Wildman–Crippen LogP) is 4.64. The molecule has 1 aromatic heterocycles. The first-order valence-corrected chi connectivity index (χ1v) is 10.9. The molecule has 0 spiro atoms. The summed E-state index contributed by atoms with van der Waals surface area (Å²) in [5.74, 6) is -0.0336. The first-order chi connectivity index (χ1) is 15.0. The van der Waals surface area contributed by atoms with Crippen molar-refractivity contribution in [2.75, 3.05) is 26.8 Å². The number of fused-ring (bicyclic) bond motifs is 1. The molecule has 0 atom stereocenters. The van der Waals surface area contributed by atoms with Crippen LogP contribution in [0.15, 0.2) is 42.6 Å². The lowest BCUT2D eigenvalue weighted by Crippen LogP contribution is -2.38. The molecule has 172 valence electrons. The number of carbonyl (C=O) groups excluding carboxylic acids is 1. The number of ether oxygens (including phenoxy) is 1. The summed E-state index contributed by atoms with van der Waals surface area (Å²) in [6.45, 7) is 4.78. The van der Waals surface area contributed by atoms with Gasteiger partial charge in [0.05, 0.1) is 17.7 Å². The number of hydrogen-bond acceptors (Lipinski definition) is 3. The zero-order chi connectivity index (χ0) is 22.0. The Hall–Kier alpha value is -2.41. The van der Waals surface area contributed by atoms with Crippen LogP contribution in [-0.2, 0) is 17.8 Å². The average Bonchev–Trinajstić information content (AvgIpc) is 3.17. The van der Waals surface area contributed by atoms with Gasteiger partial charge in [-0.05, 0) is 36.8 Å². The van der Waals surface area contributed by atoms with E-state index in [0.29, 0.717) is 31.8 Å². The Labute approximate surface area is 194 Å². The molecule has 0 saturated carbocycles. The molecule has 2 heterocycles. The van der Waals surface area contributed by atoms with Crippen molar-refractivity contribution < 1.29 is 13.9 Å². The van der Waals surface area contributed by atoms with Gasteiger partial charge in [0.15, 0.2) is 0 Å². The number of aryl methyl sites for hydroxylation is 1. The molecule has 1 aliphatic rings. The van der Waals surface area contributed by atoms with Crippen molar-refractivity contribution in [2.24, 2.45) is 5.73 Å². The minimum Gasteiger partial charge on any atom is -0.383 e. The molecule has 1 aliphatic heterocycles. The average molecular weight is 460 g/mol. The van der Waals surface area contributed by atoms with E-state index in [1.54, 1.807) is 13.2 Å². The zero-order valence-electron chi connectivity index (χ0n) is 18.6. The van der Waals surface area contributed by atoms with Crippen molar-refractivity contribution in [3.8, 4) is 0 Å². The first kappa shape index (κ1) is 24.2. The third-order valence-corrected chi connectivity index (χ3v) is 6.42. The minimum absolute atomic E-state index is 0. The van der Waals surface area contributed by atoms with Gasteiger partial charge < -0.3 is 19.9 Å². The van der Waals surface area contributed by atoms with Gasteiger partial charge in [0, 0.05) is 50.4 Å². The van der Waals surface area contributed by atoms with Crippen molar-refractivity contribution in [3.63, 3.8) is 0 Å². The second-order valence-corrected chi connectivity index (χ2v) is 8.29. The summed E-state index contributed by atoms with van der Waals surface area (Å²) in [7, 11) is 1.68. The molecular weight excluding hydrogens is 429 g/mol. The molecule has 0 aliphatic carbocycles. The largest absolute Gasteiger partial charge is 0.383 e. The van der Waals surface area contributed by atoms with Crippen molar-refractivity contribution in [2.45, 2.75) is 38.8 Å². The molecule has 5 nitrogen and oxygen atoms in total. The molecule has 2 aromatic carbocycles. The fourth-order valence-corrected chi connectivity index (χ4v) is 4.72. The molecule has 3 aromatic rings. The summed E-state index contributed by atoms with van der Waals surface area (Å²) < 4.78 is 22.1. The molecule has 0 unspecified atom stereocenters. The maximum absolute atomic E-state index is 14.7. The van der Waals surface area contributed by atoms with Crippen LogP contribution in [0.2, 0.25) is 0 Å². The third kappa shape index (κ3) is 4.53. The monoisotopic (exact) mass is 459 g/mol. The summed E-state index contributed by atoms with van der Waals surface area (Å²) in [6.07, 6.45) is 3.45. The van der Waals surface area contributed by atoms with E-state index in [4.69, 9.17) is 10.5 Å². The van der Waals surface area contributed by atoms with Crippen LogP contribution in [0.5, 0.6) is 0 Å². The van der Waals surface area contributed by atoms with E-state index in [1.807, 2.05) is 35.4 Å². The van der Waals surface area contributed by atoms with Crippen LogP contribution in [0.3, 0.4) is 0 Å². The SMILES string of the molecule is COCCn1cc(C(=O)N2CCC(c3cccc(CN)c3F)CC2)c2cccc(C)c21.Cl. The summed E-state index contributed by atoms with van der Waals surface area (Å²) >= 11 is 0. The maximum atomic E-state index is 14.7. The quantitative estimate of drug-likeness (QED) is 0.584. The minimum atomic E-state index is -0.188. The van der Waals surface area contributed by atoms with E-state index in [-0.39, 0.29) is 36.6 Å². The summed E-state index contributed by atoms with van der Waals surface area (Å²) in [4.78, 5) is 15.3. The number of hydrogen-bond donors (Lipinski definition) is 1. The van der Waals surface area contributed by atoms with Gasteiger partial charge in [-0.15, -0.1) is 12.4 Å². The lowest BCUT2D eigenvalue weighted by Gasteiger charge is -2.32. The van der Waals surface area contributed by atoms with E-state index in [2.05, 4.69) is 17.6 Å². The van der Waals surface area contributed by atoms with E-state index in [9.17, 15) is 9.18 Å². The van der Waals surface area contributed by atoms with Gasteiger partial charge in [0.25, 0.3) is 5.91 Å². The lowest BCUT2D eigenvalue weighted by molar-refractivity contribution is 0.0714. The number of para-hydroxylation sites is 1. The van der Waals surface area contributed by atoms with Gasteiger partial charge in [-0.3, -0.25) is 4.79 Å². The van der Waals surface area contributed by atoms with Crippen LogP contribution in [0.4, 0.5) is 4.39 Å². The summed E-state index contributed by atoms with van der Waals surface area (Å²) in [5, 5.41) is 0.977. The molecule has 4 rings (SSSR count). The first-order valence-electron chi connectivity index (χ1n) is 10.9. The Morgan fingerprint density at radius 1 is 1.19 bits per heavy atom. The highest BCUT2D eigenvalue weighted by atomic mass is 35.5. The standard InChI is InChI=1S/C25H30FN3O2.ClH/c1-17-5-3-8-21-22(16-29(24(17)21)13-14-31-2)25(30)28-11-9-18(10-12-28)20-7-4-6-19(15-27)23(20)26;/h3-8,16,18H,9-15,27H2,1-2H3;1H. The maximum Gasteiger partial charge on any atom is 0.256 e. The predicted molar refractivity (Wildman–Crippen MR) is 128 cm³/mol. The number of rotatable bonds is 6. The molecule has 1 fully saturated rings. The van der Waals surface area contributed by atoms with Crippen molar-refractivity contribution in [1.29, 1.82) is 0 Å². The van der Waals surface area contributed by atoms with E-state index < -0.39 is 0 Å². The highest BCUT2D eigenvalue weighted by Crippen LogP contribution is 2.33. The normalized spacial score (nSPS) is 14.6. The number of nitrogens with two attached hydrogens (primary N) is 1. The molecule has 7 heteroatoms. The topological polar surface area (TPSA) is 60.5 Å². The van der Waals surface area contributed by atoms with Crippen LogP contribution >= 0.6 is 12.4 Å². The van der Waals surface area contributed by atoms with Gasteiger partial charge in [-0.1, -0.05) is 36.4 Å². The molecule has 0 bridgehead atoms. The van der Waals surface area contributed by atoms with Gasteiger partial charge in [-0.2, -0.15) is 0 Å². The van der Waals surface area contributed by atoms with E-state index in [0.717, 1.165) is 40.4 Å². The Kier molecular flexibility index (Phi) is 7.93. The number of methoxy groups -OCH3 is 1. The molecule has 32 heavy (non-hydrogen) atoms. The third-order valence-electron chi connectivity index (χ3n) is 6.42. The fraction of sp³-hybridized carbons (Fsp3) is 0.400. The second-order valence-electron chi connectivity index (χ2n) is 8.29. The lowest BCUT2D eigenvalue weighted by atomic mass is 9.88. The van der Waals surface area contributed by atoms with Crippen molar-refractivity contribution in [3.05, 3.63) is 70.7 Å². The smallest absolute Gasteiger partial charge is 0.256 e. The van der Waals surface area contributed by atoms with Crippen LogP contribution in [-0.4, -0.2) is 42.2 Å². The van der Waals surface area contributed by atoms with E-state index in [1.165, 1.54) is 0 Å². The van der Waals surface area contributed by atoms with Crippen molar-refractivity contribution in [1.82, 2.24) is 9.47 Å².